The molecule has 0 fully saturated rings. The minimum Gasteiger partial charge on any atom is -0.374 e. The molecule has 0 atom stereocenters. The van der Waals surface area contributed by atoms with Gasteiger partial charge >= 0.3 is 6.18 Å². The van der Waals surface area contributed by atoms with Gasteiger partial charge in [0.1, 0.15) is 12.4 Å². The Morgan fingerprint density at radius 2 is 2.00 bits per heavy atom. The highest BCUT2D eigenvalue weighted by atomic mass is 19.4. The molecule has 0 saturated carbocycles. The number of aromatic amines is 1. The van der Waals surface area contributed by atoms with E-state index in [1.54, 1.807) is 0 Å². The van der Waals surface area contributed by atoms with Gasteiger partial charge in [0.25, 0.3) is 5.56 Å². The normalized spacial score (nSPS) is 11.8. The summed E-state index contributed by atoms with van der Waals surface area (Å²) in [6.07, 6.45) is -3.09. The molecule has 2 aromatic rings. The average Bonchev–Trinajstić information content (AvgIpc) is 2.27. The van der Waals surface area contributed by atoms with Crippen LogP contribution in [0.2, 0.25) is 0 Å². The summed E-state index contributed by atoms with van der Waals surface area (Å²) in [4.78, 5) is 13.7. The molecule has 0 saturated heterocycles. The van der Waals surface area contributed by atoms with E-state index in [0.29, 0.717) is 5.39 Å². The Hall–Kier alpha value is -2.05. The average molecular weight is 260 g/mol. The standard InChI is InChI=1S/C11H8F4N2O/c12-8-4-7-6(1-2-16-10(7)18)3-9(8)17-5-11(13,14)15/h1-4,17H,5H2,(H,16,18). The lowest BCUT2D eigenvalue weighted by atomic mass is 10.1. The molecule has 0 bridgehead atoms. The number of alkyl halides is 3. The molecule has 96 valence electrons. The monoisotopic (exact) mass is 260 g/mol. The van der Waals surface area contributed by atoms with Gasteiger partial charge < -0.3 is 10.3 Å². The molecule has 1 aromatic heterocycles. The fraction of sp³-hybridized carbons (Fsp3) is 0.182. The molecule has 0 amide bonds. The third-order valence-corrected chi connectivity index (χ3v) is 2.34. The van der Waals surface area contributed by atoms with Crippen LogP contribution in [0.3, 0.4) is 0 Å². The summed E-state index contributed by atoms with van der Waals surface area (Å²) in [5, 5.41) is 2.41. The van der Waals surface area contributed by atoms with Gasteiger partial charge in [0.2, 0.25) is 0 Å². The quantitative estimate of drug-likeness (QED) is 0.815. The van der Waals surface area contributed by atoms with Crippen LogP contribution in [0.1, 0.15) is 0 Å². The van der Waals surface area contributed by atoms with Crippen molar-refractivity contribution in [1.29, 1.82) is 0 Å². The second kappa shape index (κ2) is 4.32. The van der Waals surface area contributed by atoms with Crippen LogP contribution in [0.5, 0.6) is 0 Å². The summed E-state index contributed by atoms with van der Waals surface area (Å²) in [5.74, 6) is -0.900. The number of halogens is 4. The highest BCUT2D eigenvalue weighted by Gasteiger charge is 2.27. The van der Waals surface area contributed by atoms with Crippen molar-refractivity contribution in [1.82, 2.24) is 4.98 Å². The summed E-state index contributed by atoms with van der Waals surface area (Å²) in [7, 11) is 0. The van der Waals surface area contributed by atoms with Gasteiger partial charge in [0, 0.05) is 6.20 Å². The number of hydrogen-bond acceptors (Lipinski definition) is 2. The van der Waals surface area contributed by atoms with E-state index in [2.05, 4.69) is 4.98 Å². The van der Waals surface area contributed by atoms with Gasteiger partial charge in [0.15, 0.2) is 0 Å². The van der Waals surface area contributed by atoms with E-state index < -0.39 is 24.1 Å². The second-order valence-electron chi connectivity index (χ2n) is 3.69. The number of nitrogens with one attached hydrogen (secondary N) is 2. The van der Waals surface area contributed by atoms with Crippen molar-refractivity contribution >= 4 is 16.5 Å². The maximum atomic E-state index is 13.5. The highest BCUT2D eigenvalue weighted by molar-refractivity contribution is 5.85. The first-order valence-electron chi connectivity index (χ1n) is 4.98. The minimum absolute atomic E-state index is 0.0903. The molecule has 18 heavy (non-hydrogen) atoms. The molecular formula is C11H8F4N2O. The first kappa shape index (κ1) is 12.4. The maximum Gasteiger partial charge on any atom is 0.405 e. The molecule has 1 heterocycles. The van der Waals surface area contributed by atoms with E-state index in [1.807, 2.05) is 5.32 Å². The number of rotatable bonds is 2. The molecule has 0 aliphatic carbocycles. The van der Waals surface area contributed by atoms with Crippen molar-refractivity contribution in [3.05, 3.63) is 40.6 Å². The number of anilines is 1. The first-order chi connectivity index (χ1) is 8.37. The highest BCUT2D eigenvalue weighted by Crippen LogP contribution is 2.22. The lowest BCUT2D eigenvalue weighted by molar-refractivity contribution is -0.115. The minimum atomic E-state index is -4.43. The van der Waals surface area contributed by atoms with Crippen LogP contribution < -0.4 is 10.9 Å². The predicted molar refractivity (Wildman–Crippen MR) is 59.1 cm³/mol. The Labute approximate surface area is 98.4 Å². The zero-order chi connectivity index (χ0) is 13.3. The van der Waals surface area contributed by atoms with Crippen molar-refractivity contribution in [2.45, 2.75) is 6.18 Å². The summed E-state index contributed by atoms with van der Waals surface area (Å²) >= 11 is 0. The summed E-state index contributed by atoms with van der Waals surface area (Å²) in [5.41, 5.74) is -0.779. The summed E-state index contributed by atoms with van der Waals surface area (Å²) < 4.78 is 49.5. The van der Waals surface area contributed by atoms with Crippen LogP contribution in [0, 0.1) is 5.82 Å². The molecule has 2 rings (SSSR count). The van der Waals surface area contributed by atoms with E-state index in [0.717, 1.165) is 6.07 Å². The molecule has 2 N–H and O–H groups in total. The van der Waals surface area contributed by atoms with Crippen molar-refractivity contribution in [3.63, 3.8) is 0 Å². The van der Waals surface area contributed by atoms with Crippen LogP contribution >= 0.6 is 0 Å². The summed E-state index contributed by atoms with van der Waals surface area (Å²) in [6, 6.07) is 3.56. The molecular weight excluding hydrogens is 252 g/mol. The van der Waals surface area contributed by atoms with Crippen LogP contribution in [0.4, 0.5) is 23.2 Å². The summed E-state index contributed by atoms with van der Waals surface area (Å²) in [6.45, 7) is -1.33. The van der Waals surface area contributed by atoms with E-state index in [4.69, 9.17) is 0 Å². The topological polar surface area (TPSA) is 44.9 Å². The lowest BCUT2D eigenvalue weighted by Gasteiger charge is -2.11. The van der Waals surface area contributed by atoms with Crippen molar-refractivity contribution in [3.8, 4) is 0 Å². The second-order valence-corrected chi connectivity index (χ2v) is 3.69. The number of hydrogen-bond donors (Lipinski definition) is 2. The van der Waals surface area contributed by atoms with Crippen LogP contribution in [-0.2, 0) is 0 Å². The SMILES string of the molecule is O=c1[nH]ccc2cc(NCC(F)(F)F)c(F)cc12. The van der Waals surface area contributed by atoms with Crippen molar-refractivity contribution in [2.24, 2.45) is 0 Å². The zero-order valence-electron chi connectivity index (χ0n) is 8.94. The molecule has 1 aromatic carbocycles. The number of benzene rings is 1. The zero-order valence-corrected chi connectivity index (χ0v) is 8.94. The molecule has 0 aliphatic heterocycles. The fourth-order valence-corrected chi connectivity index (χ4v) is 1.54. The van der Waals surface area contributed by atoms with E-state index in [9.17, 15) is 22.4 Å². The number of fused-ring (bicyclic) bond motifs is 1. The molecule has 0 aliphatic rings. The third kappa shape index (κ3) is 2.61. The largest absolute Gasteiger partial charge is 0.405 e. The Balaban J connectivity index is 2.41. The number of pyridine rings is 1. The van der Waals surface area contributed by atoms with Gasteiger partial charge in [-0.05, 0) is 23.6 Å². The first-order valence-corrected chi connectivity index (χ1v) is 4.98. The molecule has 0 radical (unpaired) electrons. The van der Waals surface area contributed by atoms with Crippen molar-refractivity contribution < 1.29 is 17.6 Å². The fourth-order valence-electron chi connectivity index (χ4n) is 1.54. The van der Waals surface area contributed by atoms with Crippen LogP contribution in [0.15, 0.2) is 29.2 Å². The Morgan fingerprint density at radius 1 is 1.28 bits per heavy atom. The molecule has 7 heteroatoms. The van der Waals surface area contributed by atoms with Gasteiger partial charge in [-0.2, -0.15) is 13.2 Å². The smallest absolute Gasteiger partial charge is 0.374 e. The molecule has 3 nitrogen and oxygen atoms in total. The van der Waals surface area contributed by atoms with E-state index in [-0.39, 0.29) is 11.1 Å². The van der Waals surface area contributed by atoms with Gasteiger partial charge in [-0.15, -0.1) is 0 Å². The Morgan fingerprint density at radius 3 is 2.67 bits per heavy atom. The molecule has 0 spiro atoms. The Kier molecular flexibility index (Phi) is 2.98. The Bertz CT molecular complexity index is 633. The predicted octanol–water partition coefficient (Wildman–Crippen LogP) is 2.64. The van der Waals surface area contributed by atoms with Crippen LogP contribution in [-0.4, -0.2) is 17.7 Å². The number of aromatic nitrogens is 1. The van der Waals surface area contributed by atoms with Crippen molar-refractivity contribution in [2.75, 3.05) is 11.9 Å². The van der Waals surface area contributed by atoms with Gasteiger partial charge in [0.05, 0.1) is 11.1 Å². The molecule has 0 unspecified atom stereocenters. The number of H-pyrrole nitrogens is 1. The van der Waals surface area contributed by atoms with Gasteiger partial charge in [-0.1, -0.05) is 0 Å². The van der Waals surface area contributed by atoms with E-state index >= 15 is 0 Å². The van der Waals surface area contributed by atoms with Gasteiger partial charge in [-0.25, -0.2) is 4.39 Å². The lowest BCUT2D eigenvalue weighted by Crippen LogP contribution is -2.21. The third-order valence-electron chi connectivity index (χ3n) is 2.34. The van der Waals surface area contributed by atoms with E-state index in [1.165, 1.54) is 18.3 Å². The van der Waals surface area contributed by atoms with Gasteiger partial charge in [-0.3, -0.25) is 4.79 Å². The maximum absolute atomic E-state index is 13.5. The van der Waals surface area contributed by atoms with Crippen LogP contribution in [0.25, 0.3) is 10.8 Å².